The Morgan fingerprint density at radius 1 is 0.842 bits per heavy atom. The summed E-state index contributed by atoms with van der Waals surface area (Å²) in [6.07, 6.45) is 0. The van der Waals surface area contributed by atoms with Crippen LogP contribution in [-0.4, -0.2) is 0 Å². The van der Waals surface area contributed by atoms with Crippen LogP contribution in [0.15, 0.2) is 60.7 Å². The highest BCUT2D eigenvalue weighted by atomic mass is 19.1. The van der Waals surface area contributed by atoms with Crippen molar-refractivity contribution in [3.8, 4) is 11.1 Å². The Hall–Kier alpha value is -2.19. The van der Waals surface area contributed by atoms with Gasteiger partial charge in [-0.1, -0.05) is 54.6 Å². The number of benzene rings is 3. The Morgan fingerprint density at radius 2 is 1.63 bits per heavy atom. The second-order valence-electron chi connectivity index (χ2n) is 4.55. The van der Waals surface area contributed by atoms with Crippen LogP contribution in [0.2, 0.25) is 0 Å². The van der Waals surface area contributed by atoms with E-state index in [1.807, 2.05) is 48.5 Å². The van der Waals surface area contributed by atoms with Gasteiger partial charge in [-0.05, 0) is 28.0 Å². The lowest BCUT2D eigenvalue weighted by molar-refractivity contribution is 0.629. The fraction of sp³-hybridized carbons (Fsp3) is 0.0588. The van der Waals surface area contributed by atoms with Gasteiger partial charge < -0.3 is 5.73 Å². The first-order valence-corrected chi connectivity index (χ1v) is 6.26. The van der Waals surface area contributed by atoms with Crippen LogP contribution >= 0.6 is 0 Å². The molecule has 3 aromatic carbocycles. The topological polar surface area (TPSA) is 26.0 Å². The van der Waals surface area contributed by atoms with Crippen LogP contribution in [0.4, 0.5) is 4.39 Å². The lowest BCUT2D eigenvalue weighted by atomic mass is 9.97. The molecule has 0 spiro atoms. The lowest BCUT2D eigenvalue weighted by Crippen LogP contribution is -1.97. The molecule has 0 aliphatic carbocycles. The van der Waals surface area contributed by atoms with Crippen LogP contribution in [0.1, 0.15) is 5.56 Å². The SMILES string of the molecule is NCc1ccc(-c2cccc3ccccc23)c(F)c1. The largest absolute Gasteiger partial charge is 0.326 e. The quantitative estimate of drug-likeness (QED) is 0.729. The molecular formula is C17H14FN. The van der Waals surface area contributed by atoms with E-state index in [1.165, 1.54) is 6.07 Å². The van der Waals surface area contributed by atoms with Crippen LogP contribution in [0.25, 0.3) is 21.9 Å². The van der Waals surface area contributed by atoms with E-state index in [2.05, 4.69) is 0 Å². The van der Waals surface area contributed by atoms with E-state index in [-0.39, 0.29) is 5.82 Å². The molecule has 0 aromatic heterocycles. The molecule has 0 saturated carbocycles. The zero-order valence-electron chi connectivity index (χ0n) is 10.4. The van der Waals surface area contributed by atoms with Crippen molar-refractivity contribution in [3.05, 3.63) is 72.0 Å². The van der Waals surface area contributed by atoms with Crippen molar-refractivity contribution >= 4 is 10.8 Å². The molecule has 0 unspecified atom stereocenters. The fourth-order valence-corrected chi connectivity index (χ4v) is 2.36. The van der Waals surface area contributed by atoms with Crippen molar-refractivity contribution in [2.45, 2.75) is 6.54 Å². The summed E-state index contributed by atoms with van der Waals surface area (Å²) in [5, 5.41) is 2.17. The second-order valence-corrected chi connectivity index (χ2v) is 4.55. The third-order valence-electron chi connectivity index (χ3n) is 3.35. The summed E-state index contributed by atoms with van der Waals surface area (Å²) in [5.74, 6) is -0.223. The number of halogens is 1. The zero-order chi connectivity index (χ0) is 13.2. The standard InChI is InChI=1S/C17H14FN/c18-17-10-12(11-19)8-9-16(17)15-7-3-5-13-4-1-2-6-14(13)15/h1-10H,11,19H2. The molecular weight excluding hydrogens is 237 g/mol. The molecule has 0 bridgehead atoms. The molecule has 0 radical (unpaired) electrons. The molecule has 0 heterocycles. The number of hydrogen-bond acceptors (Lipinski definition) is 1. The summed E-state index contributed by atoms with van der Waals surface area (Å²) in [6.45, 7) is 0.354. The van der Waals surface area contributed by atoms with Crippen LogP contribution in [-0.2, 0) is 6.54 Å². The van der Waals surface area contributed by atoms with Gasteiger partial charge in [-0.15, -0.1) is 0 Å². The minimum atomic E-state index is -0.223. The van der Waals surface area contributed by atoms with Crippen molar-refractivity contribution < 1.29 is 4.39 Å². The molecule has 0 aliphatic rings. The van der Waals surface area contributed by atoms with E-state index >= 15 is 0 Å². The van der Waals surface area contributed by atoms with Crippen LogP contribution in [0, 0.1) is 5.82 Å². The normalized spacial score (nSPS) is 10.8. The summed E-state index contributed by atoms with van der Waals surface area (Å²) in [7, 11) is 0. The molecule has 0 atom stereocenters. The first-order chi connectivity index (χ1) is 9.29. The van der Waals surface area contributed by atoms with Gasteiger partial charge in [0.25, 0.3) is 0 Å². The summed E-state index contributed by atoms with van der Waals surface area (Å²) in [4.78, 5) is 0. The number of rotatable bonds is 2. The van der Waals surface area contributed by atoms with Crippen molar-refractivity contribution in [2.24, 2.45) is 5.73 Å². The Bertz CT molecular complexity index is 729. The van der Waals surface area contributed by atoms with Crippen LogP contribution < -0.4 is 5.73 Å². The fourth-order valence-electron chi connectivity index (χ4n) is 2.36. The predicted molar refractivity (Wildman–Crippen MR) is 77.2 cm³/mol. The smallest absolute Gasteiger partial charge is 0.131 e. The third kappa shape index (κ3) is 2.11. The summed E-state index contributed by atoms with van der Waals surface area (Å²) in [5.41, 5.74) is 7.87. The van der Waals surface area contributed by atoms with Gasteiger partial charge in [0.2, 0.25) is 0 Å². The zero-order valence-corrected chi connectivity index (χ0v) is 10.4. The van der Waals surface area contributed by atoms with Gasteiger partial charge in [-0.3, -0.25) is 0 Å². The van der Waals surface area contributed by atoms with Crippen molar-refractivity contribution in [3.63, 3.8) is 0 Å². The first kappa shape index (κ1) is 11.9. The number of nitrogens with two attached hydrogens (primary N) is 1. The average molecular weight is 251 g/mol. The Kier molecular flexibility index (Phi) is 3.02. The Morgan fingerprint density at radius 3 is 2.42 bits per heavy atom. The number of fused-ring (bicyclic) bond motifs is 1. The van der Waals surface area contributed by atoms with E-state index < -0.39 is 0 Å². The second kappa shape index (κ2) is 4.82. The minimum absolute atomic E-state index is 0.223. The van der Waals surface area contributed by atoms with Crippen molar-refractivity contribution in [1.29, 1.82) is 0 Å². The Balaban J connectivity index is 2.24. The van der Waals surface area contributed by atoms with Gasteiger partial charge in [-0.25, -0.2) is 4.39 Å². The summed E-state index contributed by atoms with van der Waals surface area (Å²) >= 11 is 0. The number of hydrogen-bond donors (Lipinski definition) is 1. The van der Waals surface area contributed by atoms with E-state index in [0.717, 1.165) is 21.9 Å². The maximum atomic E-state index is 14.2. The summed E-state index contributed by atoms with van der Waals surface area (Å²) in [6, 6.07) is 19.1. The van der Waals surface area contributed by atoms with Gasteiger partial charge in [0.15, 0.2) is 0 Å². The molecule has 0 saturated heterocycles. The van der Waals surface area contributed by atoms with E-state index in [9.17, 15) is 4.39 Å². The molecule has 2 N–H and O–H groups in total. The van der Waals surface area contributed by atoms with Gasteiger partial charge >= 0.3 is 0 Å². The molecule has 3 aromatic rings. The Labute approximate surface area is 111 Å². The van der Waals surface area contributed by atoms with Gasteiger partial charge in [0.1, 0.15) is 5.82 Å². The van der Waals surface area contributed by atoms with E-state index in [0.29, 0.717) is 12.1 Å². The minimum Gasteiger partial charge on any atom is -0.326 e. The molecule has 1 nitrogen and oxygen atoms in total. The average Bonchev–Trinajstić information content (AvgIpc) is 2.46. The molecule has 0 aliphatic heterocycles. The maximum Gasteiger partial charge on any atom is 0.131 e. The van der Waals surface area contributed by atoms with Crippen LogP contribution in [0.5, 0.6) is 0 Å². The summed E-state index contributed by atoms with van der Waals surface area (Å²) < 4.78 is 14.2. The maximum absolute atomic E-state index is 14.2. The van der Waals surface area contributed by atoms with Crippen molar-refractivity contribution in [1.82, 2.24) is 0 Å². The van der Waals surface area contributed by atoms with Crippen molar-refractivity contribution in [2.75, 3.05) is 0 Å². The molecule has 0 fully saturated rings. The highest BCUT2D eigenvalue weighted by molar-refractivity contribution is 5.96. The molecule has 2 heteroatoms. The third-order valence-corrected chi connectivity index (χ3v) is 3.35. The highest BCUT2D eigenvalue weighted by Gasteiger charge is 2.08. The monoisotopic (exact) mass is 251 g/mol. The van der Waals surface area contributed by atoms with Crippen LogP contribution in [0.3, 0.4) is 0 Å². The predicted octanol–water partition coefficient (Wildman–Crippen LogP) is 4.10. The molecule has 0 amide bonds. The van der Waals surface area contributed by atoms with E-state index in [4.69, 9.17) is 5.73 Å². The van der Waals surface area contributed by atoms with Gasteiger partial charge in [0, 0.05) is 12.1 Å². The molecule has 3 rings (SSSR count). The lowest BCUT2D eigenvalue weighted by Gasteiger charge is -2.09. The highest BCUT2D eigenvalue weighted by Crippen LogP contribution is 2.30. The van der Waals surface area contributed by atoms with Gasteiger partial charge in [-0.2, -0.15) is 0 Å². The molecule has 94 valence electrons. The van der Waals surface area contributed by atoms with E-state index in [1.54, 1.807) is 6.07 Å². The van der Waals surface area contributed by atoms with Gasteiger partial charge in [0.05, 0.1) is 0 Å². The first-order valence-electron chi connectivity index (χ1n) is 6.26. The molecule has 19 heavy (non-hydrogen) atoms.